The number of rotatable bonds is 7. The molecule has 1 heterocycles. The molecule has 1 N–H and O–H groups in total. The first-order chi connectivity index (χ1) is 8.11. The monoisotopic (exact) mass is 245 g/mol. The first-order valence-corrected chi connectivity index (χ1v) is 6.75. The molecule has 0 radical (unpaired) electrons. The molecule has 0 aromatic heterocycles. The van der Waals surface area contributed by atoms with Crippen molar-refractivity contribution in [2.75, 3.05) is 32.8 Å². The maximum atomic E-state index is 9.87. The number of unbranched alkanes of at least 4 members (excludes halogenated alkanes) is 1. The van der Waals surface area contributed by atoms with Gasteiger partial charge in [0.25, 0.3) is 0 Å². The van der Waals surface area contributed by atoms with E-state index in [4.69, 9.17) is 9.47 Å². The summed E-state index contributed by atoms with van der Waals surface area (Å²) in [5.41, 5.74) is 0. The molecule has 0 bridgehead atoms. The Morgan fingerprint density at radius 2 is 2.00 bits per heavy atom. The SMILES string of the molecule is CCCCOCC(O)CN1C[C@@H](C)O[C@@H](C)C1. The largest absolute Gasteiger partial charge is 0.389 e. The molecule has 102 valence electrons. The summed E-state index contributed by atoms with van der Waals surface area (Å²) in [5.74, 6) is 0. The van der Waals surface area contributed by atoms with Gasteiger partial charge in [0.1, 0.15) is 0 Å². The van der Waals surface area contributed by atoms with Crippen LogP contribution in [0.1, 0.15) is 33.6 Å². The molecule has 3 atom stereocenters. The predicted octanol–water partition coefficient (Wildman–Crippen LogP) is 1.27. The highest BCUT2D eigenvalue weighted by Gasteiger charge is 2.23. The van der Waals surface area contributed by atoms with Gasteiger partial charge in [0, 0.05) is 26.2 Å². The minimum atomic E-state index is -0.385. The molecule has 0 aromatic rings. The van der Waals surface area contributed by atoms with Crippen LogP contribution in [0.4, 0.5) is 0 Å². The first kappa shape index (κ1) is 14.9. The molecule has 0 amide bonds. The van der Waals surface area contributed by atoms with Crippen LogP contribution in [-0.2, 0) is 9.47 Å². The molecule has 1 saturated heterocycles. The number of nitrogens with zero attached hydrogens (tertiary/aromatic N) is 1. The van der Waals surface area contributed by atoms with Crippen molar-refractivity contribution < 1.29 is 14.6 Å². The quantitative estimate of drug-likeness (QED) is 0.686. The smallest absolute Gasteiger partial charge is 0.0900 e. The van der Waals surface area contributed by atoms with E-state index in [9.17, 15) is 5.11 Å². The zero-order valence-electron chi connectivity index (χ0n) is 11.4. The van der Waals surface area contributed by atoms with Crippen LogP contribution in [0.2, 0.25) is 0 Å². The lowest BCUT2D eigenvalue weighted by Crippen LogP contribution is -2.48. The van der Waals surface area contributed by atoms with Gasteiger partial charge in [-0.25, -0.2) is 0 Å². The summed E-state index contributed by atoms with van der Waals surface area (Å²) in [6, 6.07) is 0. The summed E-state index contributed by atoms with van der Waals surface area (Å²) in [5, 5.41) is 9.87. The minimum absolute atomic E-state index is 0.256. The third kappa shape index (κ3) is 6.36. The number of β-amino-alcohol motifs (C(OH)–C–C–N with tert-alkyl or cyclic N) is 1. The minimum Gasteiger partial charge on any atom is -0.389 e. The predicted molar refractivity (Wildman–Crippen MR) is 68.2 cm³/mol. The molecule has 4 heteroatoms. The van der Waals surface area contributed by atoms with E-state index in [0.717, 1.165) is 32.5 Å². The average Bonchev–Trinajstić information content (AvgIpc) is 2.23. The van der Waals surface area contributed by atoms with E-state index in [0.29, 0.717) is 13.2 Å². The van der Waals surface area contributed by atoms with Crippen LogP contribution in [0.25, 0.3) is 0 Å². The van der Waals surface area contributed by atoms with Gasteiger partial charge in [0.15, 0.2) is 0 Å². The number of aliphatic hydroxyl groups is 1. The van der Waals surface area contributed by atoms with Crippen LogP contribution in [0, 0.1) is 0 Å². The molecule has 0 aliphatic carbocycles. The van der Waals surface area contributed by atoms with E-state index in [2.05, 4.69) is 25.7 Å². The molecule has 17 heavy (non-hydrogen) atoms. The Bertz CT molecular complexity index is 191. The van der Waals surface area contributed by atoms with Crippen LogP contribution in [0.15, 0.2) is 0 Å². The van der Waals surface area contributed by atoms with Gasteiger partial charge in [0.2, 0.25) is 0 Å². The molecule has 1 rings (SSSR count). The van der Waals surface area contributed by atoms with Crippen molar-refractivity contribution in [2.45, 2.75) is 51.9 Å². The first-order valence-electron chi connectivity index (χ1n) is 6.75. The fraction of sp³-hybridized carbons (Fsp3) is 1.00. The molecule has 4 nitrogen and oxygen atoms in total. The maximum Gasteiger partial charge on any atom is 0.0900 e. The van der Waals surface area contributed by atoms with Crippen LogP contribution >= 0.6 is 0 Å². The van der Waals surface area contributed by atoms with Gasteiger partial charge in [-0.1, -0.05) is 13.3 Å². The van der Waals surface area contributed by atoms with Crippen molar-refractivity contribution in [3.05, 3.63) is 0 Å². The zero-order chi connectivity index (χ0) is 12.7. The van der Waals surface area contributed by atoms with Crippen LogP contribution < -0.4 is 0 Å². The highest BCUT2D eigenvalue weighted by atomic mass is 16.5. The van der Waals surface area contributed by atoms with Crippen molar-refractivity contribution in [3.8, 4) is 0 Å². The van der Waals surface area contributed by atoms with E-state index < -0.39 is 0 Å². The second kappa shape index (κ2) is 8.03. The Morgan fingerprint density at radius 3 is 2.59 bits per heavy atom. The van der Waals surface area contributed by atoms with Gasteiger partial charge in [-0.2, -0.15) is 0 Å². The Labute approximate surface area is 105 Å². The summed E-state index contributed by atoms with van der Waals surface area (Å²) < 4.78 is 11.1. The summed E-state index contributed by atoms with van der Waals surface area (Å²) in [7, 11) is 0. The molecular weight excluding hydrogens is 218 g/mol. The van der Waals surface area contributed by atoms with Gasteiger partial charge >= 0.3 is 0 Å². The van der Waals surface area contributed by atoms with Crippen LogP contribution in [-0.4, -0.2) is 61.2 Å². The standard InChI is InChI=1S/C13H27NO3/c1-4-5-6-16-10-13(15)9-14-7-11(2)17-12(3)8-14/h11-13,15H,4-10H2,1-3H3/t11-,12+,13?. The summed E-state index contributed by atoms with van der Waals surface area (Å²) in [6.45, 7) is 9.97. The third-order valence-electron chi connectivity index (χ3n) is 2.92. The summed E-state index contributed by atoms with van der Waals surface area (Å²) >= 11 is 0. The lowest BCUT2D eigenvalue weighted by molar-refractivity contribution is -0.0820. The maximum absolute atomic E-state index is 9.87. The second-order valence-electron chi connectivity index (χ2n) is 5.06. The molecule has 1 unspecified atom stereocenters. The molecule has 1 aliphatic heterocycles. The normalized spacial score (nSPS) is 28.2. The van der Waals surface area contributed by atoms with E-state index in [-0.39, 0.29) is 18.3 Å². The Kier molecular flexibility index (Phi) is 7.04. The zero-order valence-corrected chi connectivity index (χ0v) is 11.4. The van der Waals surface area contributed by atoms with Gasteiger partial charge in [-0.3, -0.25) is 4.90 Å². The van der Waals surface area contributed by atoms with Crippen molar-refractivity contribution in [3.63, 3.8) is 0 Å². The Morgan fingerprint density at radius 1 is 1.35 bits per heavy atom. The van der Waals surface area contributed by atoms with Gasteiger partial charge < -0.3 is 14.6 Å². The number of hydrogen-bond acceptors (Lipinski definition) is 4. The van der Waals surface area contributed by atoms with Crippen molar-refractivity contribution in [2.24, 2.45) is 0 Å². The molecular formula is C13H27NO3. The molecule has 0 saturated carbocycles. The lowest BCUT2D eigenvalue weighted by atomic mass is 10.2. The van der Waals surface area contributed by atoms with Crippen LogP contribution in [0.5, 0.6) is 0 Å². The fourth-order valence-electron chi connectivity index (χ4n) is 2.25. The van der Waals surface area contributed by atoms with Crippen LogP contribution in [0.3, 0.4) is 0 Å². The number of hydrogen-bond donors (Lipinski definition) is 1. The lowest BCUT2D eigenvalue weighted by Gasteiger charge is -2.36. The topological polar surface area (TPSA) is 41.9 Å². The number of morpholine rings is 1. The number of aliphatic hydroxyl groups excluding tert-OH is 1. The summed E-state index contributed by atoms with van der Waals surface area (Å²) in [4.78, 5) is 2.26. The van der Waals surface area contributed by atoms with Gasteiger partial charge in [-0.05, 0) is 20.3 Å². The van der Waals surface area contributed by atoms with Crippen molar-refractivity contribution >= 4 is 0 Å². The second-order valence-corrected chi connectivity index (χ2v) is 5.06. The highest BCUT2D eigenvalue weighted by molar-refractivity contribution is 4.75. The molecule has 1 fully saturated rings. The third-order valence-corrected chi connectivity index (χ3v) is 2.92. The van der Waals surface area contributed by atoms with Gasteiger partial charge in [-0.15, -0.1) is 0 Å². The van der Waals surface area contributed by atoms with E-state index >= 15 is 0 Å². The van der Waals surface area contributed by atoms with Crippen molar-refractivity contribution in [1.29, 1.82) is 0 Å². The molecule has 0 aromatic carbocycles. The molecule has 0 spiro atoms. The van der Waals surface area contributed by atoms with E-state index in [1.54, 1.807) is 0 Å². The average molecular weight is 245 g/mol. The van der Waals surface area contributed by atoms with E-state index in [1.165, 1.54) is 0 Å². The Hall–Kier alpha value is -0.160. The highest BCUT2D eigenvalue weighted by Crippen LogP contribution is 2.10. The van der Waals surface area contributed by atoms with Gasteiger partial charge in [0.05, 0.1) is 24.9 Å². The van der Waals surface area contributed by atoms with E-state index in [1.807, 2.05) is 0 Å². The summed E-state index contributed by atoms with van der Waals surface area (Å²) in [6.07, 6.45) is 2.33. The number of ether oxygens (including phenoxy) is 2. The fourth-order valence-corrected chi connectivity index (χ4v) is 2.25. The Balaban J connectivity index is 2.14. The molecule has 1 aliphatic rings. The van der Waals surface area contributed by atoms with Crippen molar-refractivity contribution in [1.82, 2.24) is 4.90 Å².